The van der Waals surface area contributed by atoms with E-state index in [1.54, 1.807) is 0 Å². The maximum atomic E-state index is 3.61. The van der Waals surface area contributed by atoms with Crippen molar-refractivity contribution in [1.29, 1.82) is 0 Å². The van der Waals surface area contributed by atoms with Crippen LogP contribution < -0.4 is 5.32 Å². The maximum Gasteiger partial charge on any atom is 0.00966 e. The Morgan fingerprint density at radius 1 is 1.36 bits per heavy atom. The van der Waals surface area contributed by atoms with Gasteiger partial charge in [0.25, 0.3) is 0 Å². The van der Waals surface area contributed by atoms with E-state index in [4.69, 9.17) is 0 Å². The van der Waals surface area contributed by atoms with Crippen LogP contribution in [-0.4, -0.2) is 12.1 Å². The molecule has 84 valence electrons. The lowest BCUT2D eigenvalue weighted by Crippen LogP contribution is -2.37. The SMILES string of the molecule is CC(C)CC1(C)CC1CNC(C)(C)C. The second kappa shape index (κ2) is 3.84. The lowest BCUT2D eigenvalue weighted by Gasteiger charge is -2.22. The first-order valence-corrected chi connectivity index (χ1v) is 5.98. The molecule has 1 saturated carbocycles. The van der Waals surface area contributed by atoms with Crippen LogP contribution in [-0.2, 0) is 0 Å². The van der Waals surface area contributed by atoms with E-state index in [9.17, 15) is 0 Å². The van der Waals surface area contributed by atoms with Crippen molar-refractivity contribution >= 4 is 0 Å². The fourth-order valence-electron chi connectivity index (χ4n) is 2.43. The highest BCUT2D eigenvalue weighted by Gasteiger charge is 2.49. The zero-order chi connectivity index (χ0) is 11.0. The minimum atomic E-state index is 0.279. The van der Waals surface area contributed by atoms with Crippen LogP contribution in [0.15, 0.2) is 0 Å². The van der Waals surface area contributed by atoms with Gasteiger partial charge in [-0.15, -0.1) is 0 Å². The zero-order valence-electron chi connectivity index (χ0n) is 10.8. The molecule has 1 rings (SSSR count). The molecule has 0 aromatic heterocycles. The number of hydrogen-bond donors (Lipinski definition) is 1. The van der Waals surface area contributed by atoms with Crippen LogP contribution in [0.4, 0.5) is 0 Å². The molecule has 0 spiro atoms. The molecule has 0 amide bonds. The zero-order valence-corrected chi connectivity index (χ0v) is 10.8. The normalized spacial score (nSPS) is 32.4. The molecule has 0 radical (unpaired) electrons. The summed E-state index contributed by atoms with van der Waals surface area (Å²) in [5.41, 5.74) is 0.924. The molecule has 1 heteroatoms. The third kappa shape index (κ3) is 3.61. The van der Waals surface area contributed by atoms with Gasteiger partial charge in [-0.25, -0.2) is 0 Å². The van der Waals surface area contributed by atoms with Crippen molar-refractivity contribution in [3.8, 4) is 0 Å². The standard InChI is InChI=1S/C13H27N/c1-10(2)7-13(6)8-11(13)9-14-12(3,4)5/h10-11,14H,7-9H2,1-6H3. The molecule has 1 aliphatic carbocycles. The molecule has 0 bridgehead atoms. The third-order valence-corrected chi connectivity index (χ3v) is 3.29. The van der Waals surface area contributed by atoms with Crippen LogP contribution >= 0.6 is 0 Å². The molecule has 14 heavy (non-hydrogen) atoms. The Morgan fingerprint density at radius 2 is 1.93 bits per heavy atom. The van der Waals surface area contributed by atoms with Gasteiger partial charge < -0.3 is 5.32 Å². The molecule has 1 N–H and O–H groups in total. The minimum Gasteiger partial charge on any atom is -0.312 e. The van der Waals surface area contributed by atoms with E-state index in [1.165, 1.54) is 19.4 Å². The van der Waals surface area contributed by atoms with Crippen molar-refractivity contribution in [3.05, 3.63) is 0 Å². The van der Waals surface area contributed by atoms with Gasteiger partial charge in [0.15, 0.2) is 0 Å². The van der Waals surface area contributed by atoms with Crippen LogP contribution in [0.2, 0.25) is 0 Å². The van der Waals surface area contributed by atoms with Crippen molar-refractivity contribution in [2.75, 3.05) is 6.54 Å². The maximum absolute atomic E-state index is 3.61. The molecule has 2 unspecified atom stereocenters. The Labute approximate surface area is 89.7 Å². The van der Waals surface area contributed by atoms with Crippen LogP contribution in [0.1, 0.15) is 54.4 Å². The number of hydrogen-bond acceptors (Lipinski definition) is 1. The summed E-state index contributed by atoms with van der Waals surface area (Å²) >= 11 is 0. The number of rotatable bonds is 4. The lowest BCUT2D eigenvalue weighted by atomic mass is 9.93. The molecular weight excluding hydrogens is 170 g/mol. The summed E-state index contributed by atoms with van der Waals surface area (Å²) in [6.45, 7) is 15.0. The van der Waals surface area contributed by atoms with E-state index in [0.717, 1.165) is 11.8 Å². The Morgan fingerprint density at radius 3 is 2.36 bits per heavy atom. The van der Waals surface area contributed by atoms with E-state index < -0.39 is 0 Å². The predicted molar refractivity (Wildman–Crippen MR) is 63.4 cm³/mol. The Kier molecular flexibility index (Phi) is 3.30. The highest BCUT2D eigenvalue weighted by atomic mass is 15.0. The van der Waals surface area contributed by atoms with Crippen LogP contribution in [0.25, 0.3) is 0 Å². The first-order chi connectivity index (χ1) is 6.23. The molecule has 0 aromatic carbocycles. The lowest BCUT2D eigenvalue weighted by molar-refractivity contribution is 0.352. The molecule has 0 aromatic rings. The van der Waals surface area contributed by atoms with Crippen molar-refractivity contribution in [2.24, 2.45) is 17.3 Å². The van der Waals surface area contributed by atoms with E-state index in [1.807, 2.05) is 0 Å². The first-order valence-electron chi connectivity index (χ1n) is 5.98. The van der Waals surface area contributed by atoms with Crippen molar-refractivity contribution in [1.82, 2.24) is 5.32 Å². The van der Waals surface area contributed by atoms with Gasteiger partial charge in [-0.1, -0.05) is 20.8 Å². The Bertz CT molecular complexity index is 190. The van der Waals surface area contributed by atoms with Gasteiger partial charge in [0.2, 0.25) is 0 Å². The smallest absolute Gasteiger partial charge is 0.00966 e. The summed E-state index contributed by atoms with van der Waals surface area (Å²) in [5.74, 6) is 1.77. The van der Waals surface area contributed by atoms with Crippen molar-refractivity contribution in [2.45, 2.75) is 59.9 Å². The van der Waals surface area contributed by atoms with Crippen LogP contribution in [0.5, 0.6) is 0 Å². The van der Waals surface area contributed by atoms with E-state index >= 15 is 0 Å². The van der Waals surface area contributed by atoms with Gasteiger partial charge in [-0.3, -0.25) is 0 Å². The molecule has 1 fully saturated rings. The van der Waals surface area contributed by atoms with E-state index in [-0.39, 0.29) is 5.54 Å². The van der Waals surface area contributed by atoms with Crippen molar-refractivity contribution in [3.63, 3.8) is 0 Å². The molecule has 1 aliphatic rings. The average molecular weight is 197 g/mol. The van der Waals surface area contributed by atoms with Gasteiger partial charge in [0.05, 0.1) is 0 Å². The topological polar surface area (TPSA) is 12.0 Å². The summed E-state index contributed by atoms with van der Waals surface area (Å²) in [5, 5.41) is 3.61. The Balaban J connectivity index is 2.25. The van der Waals surface area contributed by atoms with Gasteiger partial charge in [-0.2, -0.15) is 0 Å². The van der Waals surface area contributed by atoms with Gasteiger partial charge in [0, 0.05) is 5.54 Å². The summed E-state index contributed by atoms with van der Waals surface area (Å²) in [4.78, 5) is 0. The Hall–Kier alpha value is -0.0400. The van der Waals surface area contributed by atoms with Gasteiger partial charge in [0.1, 0.15) is 0 Å². The third-order valence-electron chi connectivity index (χ3n) is 3.29. The fraction of sp³-hybridized carbons (Fsp3) is 1.00. The highest BCUT2D eigenvalue weighted by molar-refractivity contribution is 5.00. The molecule has 0 heterocycles. The molecule has 2 atom stereocenters. The quantitative estimate of drug-likeness (QED) is 0.728. The second-order valence-electron chi connectivity index (χ2n) is 6.78. The average Bonchev–Trinajstić information content (AvgIpc) is 2.54. The van der Waals surface area contributed by atoms with Crippen LogP contribution in [0, 0.1) is 17.3 Å². The summed E-state index contributed by atoms with van der Waals surface area (Å²) in [6, 6.07) is 0. The van der Waals surface area contributed by atoms with Gasteiger partial charge >= 0.3 is 0 Å². The first kappa shape index (κ1) is 12.0. The highest BCUT2D eigenvalue weighted by Crippen LogP contribution is 2.55. The van der Waals surface area contributed by atoms with Gasteiger partial charge in [-0.05, 0) is 57.4 Å². The fourth-order valence-corrected chi connectivity index (χ4v) is 2.43. The minimum absolute atomic E-state index is 0.279. The predicted octanol–water partition coefficient (Wildman–Crippen LogP) is 3.45. The summed E-state index contributed by atoms with van der Waals surface area (Å²) in [6.07, 6.45) is 2.82. The monoisotopic (exact) mass is 197 g/mol. The summed E-state index contributed by atoms with van der Waals surface area (Å²) < 4.78 is 0. The summed E-state index contributed by atoms with van der Waals surface area (Å²) in [7, 11) is 0. The second-order valence-corrected chi connectivity index (χ2v) is 6.78. The van der Waals surface area contributed by atoms with Crippen molar-refractivity contribution < 1.29 is 0 Å². The molecule has 0 saturated heterocycles. The molecule has 0 aliphatic heterocycles. The van der Waals surface area contributed by atoms with E-state index in [0.29, 0.717) is 5.41 Å². The molecule has 1 nitrogen and oxygen atoms in total. The largest absolute Gasteiger partial charge is 0.312 e. The van der Waals surface area contributed by atoms with Crippen LogP contribution in [0.3, 0.4) is 0 Å². The van der Waals surface area contributed by atoms with E-state index in [2.05, 4.69) is 46.9 Å². The number of nitrogens with one attached hydrogen (secondary N) is 1. The molecular formula is C13H27N.